The number of nitrogen functional groups attached to an aromatic ring is 1. The van der Waals surface area contributed by atoms with E-state index in [1.807, 2.05) is 0 Å². The van der Waals surface area contributed by atoms with E-state index in [1.165, 1.54) is 0 Å². The van der Waals surface area contributed by atoms with E-state index in [0.29, 0.717) is 11.4 Å². The van der Waals surface area contributed by atoms with Crippen molar-refractivity contribution in [3.8, 4) is 5.75 Å². The van der Waals surface area contributed by atoms with E-state index in [0.717, 1.165) is 0 Å². The van der Waals surface area contributed by atoms with Gasteiger partial charge in [-0.05, 0) is 24.3 Å². The number of hydrogen-bond acceptors (Lipinski definition) is 4. The molecular weight excluding hydrogens is 222 g/mol. The topological polar surface area (TPSA) is 107 Å². The molecule has 1 rings (SSSR count). The predicted molar refractivity (Wildman–Crippen MR) is 63.2 cm³/mol. The van der Waals surface area contributed by atoms with Crippen LogP contribution in [-0.2, 0) is 9.59 Å². The van der Waals surface area contributed by atoms with E-state index in [4.69, 9.17) is 16.2 Å². The Morgan fingerprint density at radius 3 is 2.47 bits per heavy atom. The molecule has 6 nitrogen and oxygen atoms in total. The van der Waals surface area contributed by atoms with Gasteiger partial charge in [-0.3, -0.25) is 9.59 Å². The number of benzene rings is 1. The number of carbonyl (C=O) groups excluding carboxylic acids is 2. The second-order valence-electron chi connectivity index (χ2n) is 3.41. The molecule has 5 N–H and O–H groups in total. The maximum Gasteiger partial charge on any atom is 0.236 e. The molecule has 0 aliphatic heterocycles. The molecule has 0 saturated carbocycles. The molecule has 0 bridgehead atoms. The lowest BCUT2D eigenvalue weighted by Crippen LogP contribution is -2.33. The number of hydrogen-bond donors (Lipinski definition) is 3. The monoisotopic (exact) mass is 237 g/mol. The van der Waals surface area contributed by atoms with Crippen LogP contribution in [0.25, 0.3) is 0 Å². The Morgan fingerprint density at radius 1 is 1.24 bits per heavy atom. The molecule has 0 spiro atoms. The number of anilines is 1. The average molecular weight is 237 g/mol. The summed E-state index contributed by atoms with van der Waals surface area (Å²) in [6.45, 7) is 0.0786. The van der Waals surface area contributed by atoms with Crippen molar-refractivity contribution in [1.29, 1.82) is 0 Å². The van der Waals surface area contributed by atoms with Crippen LogP contribution >= 0.6 is 0 Å². The molecule has 0 aromatic heterocycles. The highest BCUT2D eigenvalue weighted by Crippen LogP contribution is 2.12. The van der Waals surface area contributed by atoms with Crippen LogP contribution in [0, 0.1) is 0 Å². The zero-order chi connectivity index (χ0) is 12.7. The summed E-state index contributed by atoms with van der Waals surface area (Å²) in [4.78, 5) is 21.6. The number of amides is 2. The maximum absolute atomic E-state index is 11.2. The molecule has 0 heterocycles. The summed E-state index contributed by atoms with van der Waals surface area (Å²) in [5.74, 6) is -0.209. The molecule has 0 aliphatic rings. The highest BCUT2D eigenvalue weighted by Gasteiger charge is 2.03. The van der Waals surface area contributed by atoms with Gasteiger partial charge in [0.25, 0.3) is 0 Å². The number of carbonyl (C=O) groups is 2. The van der Waals surface area contributed by atoms with Crippen molar-refractivity contribution >= 4 is 17.5 Å². The quantitative estimate of drug-likeness (QED) is 0.587. The molecule has 0 atom stereocenters. The Bertz CT molecular complexity index is 389. The van der Waals surface area contributed by atoms with Gasteiger partial charge in [0.2, 0.25) is 11.8 Å². The Hall–Kier alpha value is -2.24. The first-order chi connectivity index (χ1) is 8.08. The van der Waals surface area contributed by atoms with Crippen molar-refractivity contribution < 1.29 is 14.3 Å². The van der Waals surface area contributed by atoms with Crippen LogP contribution in [0.15, 0.2) is 24.3 Å². The number of rotatable bonds is 6. The zero-order valence-electron chi connectivity index (χ0n) is 9.31. The van der Waals surface area contributed by atoms with E-state index in [-0.39, 0.29) is 25.5 Å². The van der Waals surface area contributed by atoms with Gasteiger partial charge < -0.3 is 21.5 Å². The number of ether oxygens (including phenoxy) is 1. The Morgan fingerprint density at radius 2 is 1.88 bits per heavy atom. The van der Waals surface area contributed by atoms with Gasteiger partial charge in [0.05, 0.1) is 19.6 Å². The van der Waals surface area contributed by atoms with E-state index >= 15 is 0 Å². The lowest BCUT2D eigenvalue weighted by Gasteiger charge is -2.06. The first-order valence-electron chi connectivity index (χ1n) is 5.11. The molecule has 0 fully saturated rings. The number of nitrogens with two attached hydrogens (primary N) is 2. The van der Waals surface area contributed by atoms with E-state index in [2.05, 4.69) is 5.32 Å². The molecule has 0 unspecified atom stereocenters. The summed E-state index contributed by atoms with van der Waals surface area (Å²) >= 11 is 0. The second-order valence-corrected chi connectivity index (χ2v) is 3.41. The fourth-order valence-corrected chi connectivity index (χ4v) is 1.10. The molecule has 2 amide bonds. The zero-order valence-corrected chi connectivity index (χ0v) is 9.31. The normalized spacial score (nSPS) is 9.65. The standard InChI is InChI=1S/C11H15N3O3/c12-8-1-3-9(4-2-8)17-6-5-11(16)14-7-10(13)15/h1-4H,5-7,12H2,(H2,13,15)(H,14,16). The van der Waals surface area contributed by atoms with Crippen LogP contribution in [0.5, 0.6) is 5.75 Å². The Balaban J connectivity index is 2.21. The molecule has 1 aromatic rings. The maximum atomic E-state index is 11.2. The molecule has 92 valence electrons. The minimum atomic E-state index is -0.571. The third-order valence-electron chi connectivity index (χ3n) is 1.94. The highest BCUT2D eigenvalue weighted by molar-refractivity contribution is 5.83. The van der Waals surface area contributed by atoms with Crippen molar-refractivity contribution in [3.05, 3.63) is 24.3 Å². The van der Waals surface area contributed by atoms with Gasteiger partial charge in [-0.15, -0.1) is 0 Å². The van der Waals surface area contributed by atoms with E-state index < -0.39 is 5.91 Å². The number of primary amides is 1. The summed E-state index contributed by atoms with van der Waals surface area (Å²) < 4.78 is 5.31. The second kappa shape index (κ2) is 6.37. The van der Waals surface area contributed by atoms with Crippen molar-refractivity contribution in [2.45, 2.75) is 6.42 Å². The van der Waals surface area contributed by atoms with Gasteiger partial charge in [0.1, 0.15) is 5.75 Å². The van der Waals surface area contributed by atoms with Crippen LogP contribution < -0.4 is 21.5 Å². The molecule has 17 heavy (non-hydrogen) atoms. The number of nitrogens with one attached hydrogen (secondary N) is 1. The van der Waals surface area contributed by atoms with Gasteiger partial charge >= 0.3 is 0 Å². The van der Waals surface area contributed by atoms with Crippen LogP contribution in [-0.4, -0.2) is 25.0 Å². The van der Waals surface area contributed by atoms with Crippen molar-refractivity contribution in [3.63, 3.8) is 0 Å². The van der Waals surface area contributed by atoms with Crippen LogP contribution in [0.4, 0.5) is 5.69 Å². The van der Waals surface area contributed by atoms with Gasteiger partial charge in [-0.1, -0.05) is 0 Å². The van der Waals surface area contributed by atoms with Crippen LogP contribution in [0.3, 0.4) is 0 Å². The minimum absolute atomic E-state index is 0.152. The average Bonchev–Trinajstić information content (AvgIpc) is 2.29. The van der Waals surface area contributed by atoms with Gasteiger partial charge in [0.15, 0.2) is 0 Å². The largest absolute Gasteiger partial charge is 0.493 e. The van der Waals surface area contributed by atoms with Crippen molar-refractivity contribution in [2.75, 3.05) is 18.9 Å². The van der Waals surface area contributed by atoms with E-state index in [1.54, 1.807) is 24.3 Å². The molecule has 1 aromatic carbocycles. The SMILES string of the molecule is NC(=O)CNC(=O)CCOc1ccc(N)cc1. The first kappa shape index (κ1) is 12.8. The third-order valence-corrected chi connectivity index (χ3v) is 1.94. The fourth-order valence-electron chi connectivity index (χ4n) is 1.10. The molecule has 0 saturated heterocycles. The molecule has 6 heteroatoms. The Kier molecular flexibility index (Phi) is 4.80. The molecule has 0 radical (unpaired) electrons. The fraction of sp³-hybridized carbons (Fsp3) is 0.273. The van der Waals surface area contributed by atoms with Crippen LogP contribution in [0.2, 0.25) is 0 Å². The summed E-state index contributed by atoms with van der Waals surface area (Å²) in [5.41, 5.74) is 11.0. The summed E-state index contributed by atoms with van der Waals surface area (Å²) in [6, 6.07) is 6.86. The predicted octanol–water partition coefficient (Wildman–Crippen LogP) is -0.361. The minimum Gasteiger partial charge on any atom is -0.493 e. The summed E-state index contributed by atoms with van der Waals surface area (Å²) in [7, 11) is 0. The Labute approximate surface area is 98.9 Å². The smallest absolute Gasteiger partial charge is 0.236 e. The lowest BCUT2D eigenvalue weighted by atomic mass is 10.3. The first-order valence-corrected chi connectivity index (χ1v) is 5.11. The molecular formula is C11H15N3O3. The van der Waals surface area contributed by atoms with Crippen molar-refractivity contribution in [2.24, 2.45) is 5.73 Å². The van der Waals surface area contributed by atoms with Crippen molar-refractivity contribution in [1.82, 2.24) is 5.32 Å². The molecule has 0 aliphatic carbocycles. The highest BCUT2D eigenvalue weighted by atomic mass is 16.5. The van der Waals surface area contributed by atoms with Crippen LogP contribution in [0.1, 0.15) is 6.42 Å². The van der Waals surface area contributed by atoms with Gasteiger partial charge in [-0.2, -0.15) is 0 Å². The van der Waals surface area contributed by atoms with E-state index in [9.17, 15) is 9.59 Å². The summed E-state index contributed by atoms with van der Waals surface area (Å²) in [6.07, 6.45) is 0.164. The van der Waals surface area contributed by atoms with Gasteiger partial charge in [-0.25, -0.2) is 0 Å². The third kappa shape index (κ3) is 5.41. The summed E-state index contributed by atoms with van der Waals surface area (Å²) in [5, 5.41) is 2.36. The lowest BCUT2D eigenvalue weighted by molar-refractivity contribution is -0.125. The van der Waals surface area contributed by atoms with Gasteiger partial charge in [0, 0.05) is 5.69 Å².